The molecule has 0 aromatic heterocycles. The van der Waals surface area contributed by atoms with E-state index in [1.165, 1.54) is 0 Å². The van der Waals surface area contributed by atoms with Crippen molar-refractivity contribution < 1.29 is 14.3 Å². The van der Waals surface area contributed by atoms with Gasteiger partial charge < -0.3 is 9.47 Å². The van der Waals surface area contributed by atoms with Gasteiger partial charge in [0.1, 0.15) is 19.0 Å². The van der Waals surface area contributed by atoms with Gasteiger partial charge in [0.2, 0.25) is 0 Å². The number of carbonyl (C=O) groups is 1. The molecule has 0 amide bonds. The van der Waals surface area contributed by atoms with E-state index in [-0.39, 0.29) is 11.9 Å². The summed E-state index contributed by atoms with van der Waals surface area (Å²) in [5, 5.41) is 0. The molecule has 0 saturated heterocycles. The fourth-order valence-electron chi connectivity index (χ4n) is 2.81. The molecule has 3 nitrogen and oxygen atoms in total. The summed E-state index contributed by atoms with van der Waals surface area (Å²) in [6.07, 6.45) is 0.621. The van der Waals surface area contributed by atoms with E-state index in [0.717, 1.165) is 22.4 Å². The fraction of sp³-hybridized carbons (Fsp3) is 0.208. The van der Waals surface area contributed by atoms with Crippen LogP contribution in [0.25, 0.3) is 0 Å². The van der Waals surface area contributed by atoms with Crippen LogP contribution in [0.15, 0.2) is 84.9 Å². The van der Waals surface area contributed by atoms with Crippen LogP contribution in [0.4, 0.5) is 0 Å². The third-order valence-corrected chi connectivity index (χ3v) is 4.31. The minimum Gasteiger partial charge on any atom is -0.489 e. The van der Waals surface area contributed by atoms with Gasteiger partial charge in [0.25, 0.3) is 0 Å². The van der Waals surface area contributed by atoms with E-state index in [1.807, 2.05) is 91.9 Å². The molecular formula is C24H24O3. The second-order valence-electron chi connectivity index (χ2n) is 6.62. The van der Waals surface area contributed by atoms with E-state index in [2.05, 4.69) is 0 Å². The Morgan fingerprint density at radius 3 is 2.04 bits per heavy atom. The maximum absolute atomic E-state index is 12.3. The first kappa shape index (κ1) is 18.7. The van der Waals surface area contributed by atoms with E-state index in [9.17, 15) is 4.79 Å². The number of rotatable bonds is 8. The van der Waals surface area contributed by atoms with E-state index in [0.29, 0.717) is 19.6 Å². The molecule has 0 aliphatic rings. The predicted molar refractivity (Wildman–Crippen MR) is 106 cm³/mol. The molecule has 0 spiro atoms. The van der Waals surface area contributed by atoms with Crippen LogP contribution in [0.5, 0.6) is 5.75 Å². The van der Waals surface area contributed by atoms with Gasteiger partial charge in [0.05, 0.1) is 5.92 Å². The summed E-state index contributed by atoms with van der Waals surface area (Å²) in [6.45, 7) is 2.73. The number of hydrogen-bond acceptors (Lipinski definition) is 3. The normalized spacial score (nSPS) is 11.6. The van der Waals surface area contributed by atoms with Gasteiger partial charge in [-0.05, 0) is 35.2 Å². The fourth-order valence-corrected chi connectivity index (χ4v) is 2.81. The maximum atomic E-state index is 12.3. The van der Waals surface area contributed by atoms with Crippen LogP contribution < -0.4 is 4.74 Å². The van der Waals surface area contributed by atoms with Crippen molar-refractivity contribution in [2.24, 2.45) is 5.92 Å². The number of benzene rings is 3. The summed E-state index contributed by atoms with van der Waals surface area (Å²) in [7, 11) is 0. The smallest absolute Gasteiger partial charge is 0.309 e. The average molecular weight is 360 g/mol. The van der Waals surface area contributed by atoms with Crippen LogP contribution in [0.3, 0.4) is 0 Å². The first-order valence-corrected chi connectivity index (χ1v) is 9.17. The lowest BCUT2D eigenvalue weighted by molar-refractivity contribution is -0.149. The molecular weight excluding hydrogens is 336 g/mol. The van der Waals surface area contributed by atoms with Gasteiger partial charge in [-0.3, -0.25) is 4.79 Å². The van der Waals surface area contributed by atoms with E-state index < -0.39 is 0 Å². The molecule has 0 bridgehead atoms. The molecule has 138 valence electrons. The van der Waals surface area contributed by atoms with Crippen molar-refractivity contribution in [1.82, 2.24) is 0 Å². The van der Waals surface area contributed by atoms with Gasteiger partial charge in [-0.25, -0.2) is 0 Å². The lowest BCUT2D eigenvalue weighted by atomic mass is 10.0. The topological polar surface area (TPSA) is 35.5 Å². The molecule has 1 unspecified atom stereocenters. The number of hydrogen-bond donors (Lipinski definition) is 0. The van der Waals surface area contributed by atoms with Crippen molar-refractivity contribution in [1.29, 1.82) is 0 Å². The largest absolute Gasteiger partial charge is 0.489 e. The highest BCUT2D eigenvalue weighted by molar-refractivity contribution is 5.72. The minimum absolute atomic E-state index is 0.186. The van der Waals surface area contributed by atoms with E-state index in [4.69, 9.17) is 9.47 Å². The Balaban J connectivity index is 1.51. The van der Waals surface area contributed by atoms with Crippen LogP contribution in [-0.4, -0.2) is 5.97 Å². The summed E-state index contributed by atoms with van der Waals surface area (Å²) < 4.78 is 11.3. The zero-order valence-electron chi connectivity index (χ0n) is 15.5. The van der Waals surface area contributed by atoms with Crippen LogP contribution in [0.2, 0.25) is 0 Å². The molecule has 1 atom stereocenters. The number of esters is 1. The second-order valence-corrected chi connectivity index (χ2v) is 6.62. The highest BCUT2D eigenvalue weighted by Crippen LogP contribution is 2.18. The predicted octanol–water partition coefficient (Wildman–Crippen LogP) is 5.19. The van der Waals surface area contributed by atoms with Gasteiger partial charge in [-0.15, -0.1) is 0 Å². The maximum Gasteiger partial charge on any atom is 0.309 e. The van der Waals surface area contributed by atoms with Gasteiger partial charge in [0, 0.05) is 0 Å². The van der Waals surface area contributed by atoms with Crippen LogP contribution in [0.1, 0.15) is 23.6 Å². The van der Waals surface area contributed by atoms with Crippen LogP contribution in [-0.2, 0) is 29.2 Å². The molecule has 27 heavy (non-hydrogen) atoms. The lowest BCUT2D eigenvalue weighted by Crippen LogP contribution is -2.17. The summed E-state index contributed by atoms with van der Waals surface area (Å²) in [4.78, 5) is 12.3. The summed E-state index contributed by atoms with van der Waals surface area (Å²) >= 11 is 0. The van der Waals surface area contributed by atoms with Gasteiger partial charge in [-0.2, -0.15) is 0 Å². The molecule has 0 saturated carbocycles. The first-order chi connectivity index (χ1) is 13.2. The van der Waals surface area contributed by atoms with Crippen LogP contribution >= 0.6 is 0 Å². The molecule has 0 heterocycles. The van der Waals surface area contributed by atoms with Crippen molar-refractivity contribution in [3.8, 4) is 5.75 Å². The molecule has 0 fully saturated rings. The van der Waals surface area contributed by atoms with Gasteiger partial charge in [-0.1, -0.05) is 79.7 Å². The zero-order chi connectivity index (χ0) is 18.9. The molecule has 0 aliphatic heterocycles. The third-order valence-electron chi connectivity index (χ3n) is 4.31. The quantitative estimate of drug-likeness (QED) is 0.519. The zero-order valence-corrected chi connectivity index (χ0v) is 15.5. The summed E-state index contributed by atoms with van der Waals surface area (Å²) in [5.74, 6) is 0.411. The van der Waals surface area contributed by atoms with Crippen molar-refractivity contribution in [3.63, 3.8) is 0 Å². The Labute approximate surface area is 160 Å². The van der Waals surface area contributed by atoms with E-state index >= 15 is 0 Å². The van der Waals surface area contributed by atoms with Gasteiger partial charge >= 0.3 is 5.97 Å². The van der Waals surface area contributed by atoms with Crippen molar-refractivity contribution >= 4 is 5.97 Å². The lowest BCUT2D eigenvalue weighted by Gasteiger charge is -2.13. The Morgan fingerprint density at radius 1 is 0.778 bits per heavy atom. The first-order valence-electron chi connectivity index (χ1n) is 9.17. The van der Waals surface area contributed by atoms with Crippen molar-refractivity contribution in [2.75, 3.05) is 0 Å². The molecule has 0 aliphatic carbocycles. The highest BCUT2D eigenvalue weighted by atomic mass is 16.5. The Kier molecular flexibility index (Phi) is 6.64. The number of carbonyl (C=O) groups excluding carboxylic acids is 1. The van der Waals surface area contributed by atoms with E-state index in [1.54, 1.807) is 0 Å². The second kappa shape index (κ2) is 9.58. The Hall–Kier alpha value is -3.07. The summed E-state index contributed by atoms with van der Waals surface area (Å²) in [5.41, 5.74) is 3.18. The molecule has 0 N–H and O–H groups in total. The third kappa shape index (κ3) is 6.00. The molecule has 3 aromatic carbocycles. The number of ether oxygens (including phenoxy) is 2. The standard InChI is InChI=1S/C24H24O3/c1-19(24(25)27-18-21-11-6-3-7-12-21)15-22-13-8-14-23(16-22)26-17-20-9-4-2-5-10-20/h2-14,16,19H,15,17-18H2,1H3. The Morgan fingerprint density at radius 2 is 1.37 bits per heavy atom. The van der Waals surface area contributed by atoms with Crippen molar-refractivity contribution in [3.05, 3.63) is 102 Å². The van der Waals surface area contributed by atoms with Crippen molar-refractivity contribution in [2.45, 2.75) is 26.6 Å². The molecule has 3 heteroatoms. The van der Waals surface area contributed by atoms with Gasteiger partial charge in [0.15, 0.2) is 0 Å². The molecule has 3 rings (SSSR count). The minimum atomic E-state index is -0.210. The van der Waals surface area contributed by atoms with Crippen LogP contribution in [0, 0.1) is 5.92 Å². The average Bonchev–Trinajstić information content (AvgIpc) is 2.72. The highest BCUT2D eigenvalue weighted by Gasteiger charge is 2.15. The Bertz CT molecular complexity index is 844. The summed E-state index contributed by atoms with van der Waals surface area (Å²) in [6, 6.07) is 27.7. The molecule has 3 aromatic rings. The molecule has 0 radical (unpaired) electrons. The SMILES string of the molecule is CC(Cc1cccc(OCc2ccccc2)c1)C(=O)OCc1ccccc1. The monoisotopic (exact) mass is 360 g/mol.